The average Bonchev–Trinajstić information content (AvgIpc) is 3.40. The number of anilines is 1. The summed E-state index contributed by atoms with van der Waals surface area (Å²) in [5.74, 6) is 0.194. The van der Waals surface area contributed by atoms with Crippen molar-refractivity contribution in [1.29, 1.82) is 0 Å². The summed E-state index contributed by atoms with van der Waals surface area (Å²) in [6.45, 7) is 1.66. The Labute approximate surface area is 182 Å². The predicted octanol–water partition coefficient (Wildman–Crippen LogP) is 4.21. The van der Waals surface area contributed by atoms with Gasteiger partial charge in [-0.05, 0) is 19.4 Å². The zero-order valence-electron chi connectivity index (χ0n) is 17.4. The van der Waals surface area contributed by atoms with Gasteiger partial charge in [0, 0.05) is 60.3 Å². The summed E-state index contributed by atoms with van der Waals surface area (Å²) in [6, 6.07) is 5.60. The Hall–Kier alpha value is -3.40. The molecule has 4 aromatic rings. The molecular weight excluding hydrogens is 419 g/mol. The van der Waals surface area contributed by atoms with Gasteiger partial charge in [-0.2, -0.15) is 18.3 Å². The summed E-state index contributed by atoms with van der Waals surface area (Å²) in [4.78, 5) is 11.4. The number of aryl methyl sites for hydroxylation is 1. The van der Waals surface area contributed by atoms with Gasteiger partial charge in [-0.3, -0.25) is 4.68 Å². The molecule has 3 N–H and O–H groups in total. The molecule has 1 aromatic carbocycles. The molecule has 166 valence electrons. The number of benzene rings is 1. The largest absolute Gasteiger partial charge is 0.419 e. The predicted molar refractivity (Wildman–Crippen MR) is 116 cm³/mol. The van der Waals surface area contributed by atoms with Crippen LogP contribution in [0.15, 0.2) is 43.0 Å². The van der Waals surface area contributed by atoms with Crippen LogP contribution in [0.1, 0.15) is 18.4 Å². The van der Waals surface area contributed by atoms with Gasteiger partial charge >= 0.3 is 6.18 Å². The SMILES string of the molecule is Cn1cc(-c2cccc3c(-c4nc(N[C@H]5CCCNC5)ncc4C(F)(F)F)c[nH]c23)cn1. The van der Waals surface area contributed by atoms with Crippen LogP contribution in [0.3, 0.4) is 0 Å². The lowest BCUT2D eigenvalue weighted by molar-refractivity contribution is -0.137. The molecule has 1 aliphatic rings. The molecule has 1 saturated heterocycles. The average molecular weight is 441 g/mol. The maximum Gasteiger partial charge on any atom is 0.419 e. The van der Waals surface area contributed by atoms with Gasteiger partial charge in [0.25, 0.3) is 0 Å². The maximum absolute atomic E-state index is 13.8. The molecule has 0 saturated carbocycles. The molecule has 32 heavy (non-hydrogen) atoms. The fourth-order valence-electron chi connectivity index (χ4n) is 4.17. The van der Waals surface area contributed by atoms with Crippen molar-refractivity contribution in [2.24, 2.45) is 7.05 Å². The third-order valence-electron chi connectivity index (χ3n) is 5.71. The van der Waals surface area contributed by atoms with Crippen LogP contribution in [-0.4, -0.2) is 43.9 Å². The molecule has 10 heteroatoms. The first kappa shape index (κ1) is 20.5. The molecule has 0 unspecified atom stereocenters. The van der Waals surface area contributed by atoms with Crippen LogP contribution in [-0.2, 0) is 13.2 Å². The Kier molecular flexibility index (Phi) is 5.09. The zero-order chi connectivity index (χ0) is 22.3. The molecule has 1 aliphatic heterocycles. The van der Waals surface area contributed by atoms with Gasteiger partial charge in [-0.25, -0.2) is 9.97 Å². The second-order valence-electron chi connectivity index (χ2n) is 7.97. The molecule has 5 rings (SSSR count). The molecule has 1 atom stereocenters. The first-order valence-electron chi connectivity index (χ1n) is 10.4. The second-order valence-corrected chi connectivity index (χ2v) is 7.97. The van der Waals surface area contributed by atoms with Crippen LogP contribution >= 0.6 is 0 Å². The molecule has 1 fully saturated rings. The van der Waals surface area contributed by atoms with Crippen molar-refractivity contribution >= 4 is 16.9 Å². The number of alkyl halides is 3. The van der Waals surface area contributed by atoms with Gasteiger partial charge in [-0.15, -0.1) is 0 Å². The number of aromatic amines is 1. The monoisotopic (exact) mass is 441 g/mol. The lowest BCUT2D eigenvalue weighted by atomic mass is 10.0. The molecular formula is C22H22F3N7. The lowest BCUT2D eigenvalue weighted by Crippen LogP contribution is -2.38. The molecule has 4 heterocycles. The van der Waals surface area contributed by atoms with Gasteiger partial charge in [0.1, 0.15) is 5.56 Å². The van der Waals surface area contributed by atoms with Crippen LogP contribution < -0.4 is 10.6 Å². The van der Waals surface area contributed by atoms with Crippen LogP contribution in [0.5, 0.6) is 0 Å². The van der Waals surface area contributed by atoms with Crippen LogP contribution in [0.25, 0.3) is 33.3 Å². The Balaban J connectivity index is 1.61. The number of halogens is 3. The van der Waals surface area contributed by atoms with Crippen molar-refractivity contribution in [3.63, 3.8) is 0 Å². The number of hydrogen-bond acceptors (Lipinski definition) is 5. The van der Waals surface area contributed by atoms with E-state index in [2.05, 4.69) is 30.7 Å². The van der Waals surface area contributed by atoms with Crippen molar-refractivity contribution in [3.8, 4) is 22.4 Å². The summed E-state index contributed by atoms with van der Waals surface area (Å²) in [5, 5.41) is 11.3. The van der Waals surface area contributed by atoms with Crippen molar-refractivity contribution < 1.29 is 13.2 Å². The minimum atomic E-state index is -4.58. The summed E-state index contributed by atoms with van der Waals surface area (Å²) in [5.41, 5.74) is 1.83. The molecule has 0 amide bonds. The number of nitrogens with one attached hydrogen (secondary N) is 3. The van der Waals surface area contributed by atoms with E-state index >= 15 is 0 Å². The number of para-hydroxylation sites is 1. The highest BCUT2D eigenvalue weighted by atomic mass is 19.4. The smallest absolute Gasteiger partial charge is 0.360 e. The minimum absolute atomic E-state index is 0.0773. The highest BCUT2D eigenvalue weighted by molar-refractivity contribution is 6.02. The van der Waals surface area contributed by atoms with Gasteiger partial charge in [0.2, 0.25) is 5.95 Å². The van der Waals surface area contributed by atoms with E-state index in [1.165, 1.54) is 0 Å². The summed E-state index contributed by atoms with van der Waals surface area (Å²) in [7, 11) is 1.82. The zero-order valence-corrected chi connectivity index (χ0v) is 17.4. The fourth-order valence-corrected chi connectivity index (χ4v) is 4.17. The van der Waals surface area contributed by atoms with E-state index < -0.39 is 11.7 Å². The number of aromatic nitrogens is 5. The number of nitrogens with zero attached hydrogens (tertiary/aromatic N) is 4. The standard InChI is InChI=1S/C22H22F3N7/c1-32-12-13(8-29-32)15-5-2-6-16-17(10-27-19(15)16)20-18(22(23,24)25)11-28-21(31-20)30-14-4-3-7-26-9-14/h2,5-6,8,10-12,14,26-27H,3-4,7,9H2,1H3,(H,28,30,31)/t14-/m0/s1. The Morgan fingerprint density at radius 1 is 1.19 bits per heavy atom. The lowest BCUT2D eigenvalue weighted by Gasteiger charge is -2.24. The molecule has 0 spiro atoms. The van der Waals surface area contributed by atoms with Crippen molar-refractivity contribution in [3.05, 3.63) is 48.5 Å². The number of fused-ring (bicyclic) bond motifs is 1. The Morgan fingerprint density at radius 3 is 2.78 bits per heavy atom. The maximum atomic E-state index is 13.8. The molecule has 3 aromatic heterocycles. The van der Waals surface area contributed by atoms with Gasteiger partial charge < -0.3 is 15.6 Å². The van der Waals surface area contributed by atoms with E-state index in [4.69, 9.17) is 0 Å². The van der Waals surface area contributed by atoms with Crippen molar-refractivity contribution in [1.82, 2.24) is 30.0 Å². The molecule has 0 radical (unpaired) electrons. The summed E-state index contributed by atoms with van der Waals surface area (Å²) >= 11 is 0. The number of H-pyrrole nitrogens is 1. The Morgan fingerprint density at radius 2 is 2.06 bits per heavy atom. The van der Waals surface area contributed by atoms with E-state index in [9.17, 15) is 13.2 Å². The third-order valence-corrected chi connectivity index (χ3v) is 5.71. The molecule has 7 nitrogen and oxygen atoms in total. The van der Waals surface area contributed by atoms with E-state index in [0.29, 0.717) is 10.9 Å². The topological polar surface area (TPSA) is 83.5 Å². The number of piperidine rings is 1. The highest BCUT2D eigenvalue weighted by Crippen LogP contribution is 2.40. The normalized spacial score (nSPS) is 17.1. The van der Waals surface area contributed by atoms with Crippen LogP contribution in [0, 0.1) is 0 Å². The third kappa shape index (κ3) is 3.81. The van der Waals surface area contributed by atoms with E-state index in [1.54, 1.807) is 23.1 Å². The van der Waals surface area contributed by atoms with Gasteiger partial charge in [0.05, 0.1) is 17.4 Å². The van der Waals surface area contributed by atoms with Gasteiger partial charge in [-0.1, -0.05) is 18.2 Å². The Bertz CT molecular complexity index is 1250. The fraction of sp³-hybridized carbons (Fsp3) is 0.318. The number of hydrogen-bond donors (Lipinski definition) is 3. The molecule has 0 bridgehead atoms. The van der Waals surface area contributed by atoms with E-state index in [0.717, 1.165) is 48.8 Å². The number of rotatable bonds is 4. The molecule has 0 aliphatic carbocycles. The van der Waals surface area contributed by atoms with Crippen molar-refractivity contribution in [2.75, 3.05) is 18.4 Å². The highest BCUT2D eigenvalue weighted by Gasteiger charge is 2.36. The first-order valence-corrected chi connectivity index (χ1v) is 10.4. The quantitative estimate of drug-likeness (QED) is 0.442. The van der Waals surface area contributed by atoms with E-state index in [-0.39, 0.29) is 17.7 Å². The van der Waals surface area contributed by atoms with E-state index in [1.807, 2.05) is 25.4 Å². The van der Waals surface area contributed by atoms with Crippen molar-refractivity contribution in [2.45, 2.75) is 25.1 Å². The van der Waals surface area contributed by atoms with Crippen LogP contribution in [0.4, 0.5) is 19.1 Å². The first-order chi connectivity index (χ1) is 15.4. The summed E-state index contributed by atoms with van der Waals surface area (Å²) < 4.78 is 43.2. The summed E-state index contributed by atoms with van der Waals surface area (Å²) in [6.07, 6.45) is 3.35. The second kappa shape index (κ2) is 7.94. The van der Waals surface area contributed by atoms with Gasteiger partial charge in [0.15, 0.2) is 0 Å². The van der Waals surface area contributed by atoms with Crippen LogP contribution in [0.2, 0.25) is 0 Å². The minimum Gasteiger partial charge on any atom is -0.360 e.